The number of hydrazone groups is 1. The molecule has 1 amide bonds. The summed E-state index contributed by atoms with van der Waals surface area (Å²) in [4.78, 5) is 75.6. The second-order valence-corrected chi connectivity index (χ2v) is 11.1. The van der Waals surface area contributed by atoms with Gasteiger partial charge in [-0.05, 0) is 45.4 Å². The average molecular weight is 664 g/mol. The number of likely N-dealkylation sites (N-methyl/N-ethyl adjacent to an activating group) is 1. The largest absolute Gasteiger partial charge is 0.506 e. The van der Waals surface area contributed by atoms with Crippen LogP contribution in [0.2, 0.25) is 0 Å². The Morgan fingerprint density at radius 2 is 1.48 bits per heavy atom. The molecule has 1 heterocycles. The van der Waals surface area contributed by atoms with Gasteiger partial charge >= 0.3 is 11.9 Å². The van der Waals surface area contributed by atoms with Crippen LogP contribution in [-0.4, -0.2) is 97.1 Å². The third-order valence-electron chi connectivity index (χ3n) is 7.60. The maximum absolute atomic E-state index is 13.0. The van der Waals surface area contributed by atoms with Crippen LogP contribution in [0.3, 0.4) is 0 Å². The highest BCUT2D eigenvalue weighted by Gasteiger charge is 2.43. The Labute approximate surface area is 276 Å². The number of methoxy groups -OCH3 is 1. The quantitative estimate of drug-likeness (QED) is 0.126. The van der Waals surface area contributed by atoms with Crippen molar-refractivity contribution in [1.29, 1.82) is 0 Å². The highest BCUT2D eigenvalue weighted by atomic mass is 16.6. The van der Waals surface area contributed by atoms with Gasteiger partial charge in [0.15, 0.2) is 11.5 Å². The molecule has 0 fully saturated rings. The number of carbonyl (C=O) groups excluding carboxylic acids is 6. The molecule has 2 aliphatic carbocycles. The molecule has 1 aliphatic heterocycles. The van der Waals surface area contributed by atoms with Crippen LogP contribution in [0.5, 0.6) is 0 Å². The maximum Gasteiger partial charge on any atom is 0.306 e. The summed E-state index contributed by atoms with van der Waals surface area (Å²) in [5.41, 5.74) is 1.89. The second-order valence-electron chi connectivity index (χ2n) is 11.1. The first-order valence-electron chi connectivity index (χ1n) is 15.3. The van der Waals surface area contributed by atoms with Gasteiger partial charge < -0.3 is 29.0 Å². The van der Waals surface area contributed by atoms with Gasteiger partial charge in [-0.1, -0.05) is 12.1 Å². The molecule has 3 aliphatic rings. The van der Waals surface area contributed by atoms with E-state index in [1.54, 1.807) is 31.2 Å². The summed E-state index contributed by atoms with van der Waals surface area (Å²) in [5.74, 6) is -3.66. The number of amides is 1. The van der Waals surface area contributed by atoms with Crippen molar-refractivity contribution in [2.75, 3.05) is 44.9 Å². The van der Waals surface area contributed by atoms with E-state index in [4.69, 9.17) is 18.9 Å². The van der Waals surface area contributed by atoms with Gasteiger partial charge in [0.25, 0.3) is 5.91 Å². The summed E-state index contributed by atoms with van der Waals surface area (Å²) < 4.78 is 20.3. The Hall–Kier alpha value is -5.53. The van der Waals surface area contributed by atoms with Crippen molar-refractivity contribution in [2.24, 2.45) is 5.10 Å². The lowest BCUT2D eigenvalue weighted by atomic mass is 9.80. The predicted molar refractivity (Wildman–Crippen MR) is 171 cm³/mol. The summed E-state index contributed by atoms with van der Waals surface area (Å²) in [6, 6.07) is 6.75. The number of carbonyl (C=O) groups is 6. The molecule has 0 aromatic heterocycles. The Kier molecular flexibility index (Phi) is 11.3. The minimum atomic E-state index is -0.655. The van der Waals surface area contributed by atoms with Crippen molar-refractivity contribution in [1.82, 2.24) is 5.01 Å². The van der Waals surface area contributed by atoms with Gasteiger partial charge in [0.1, 0.15) is 25.6 Å². The number of hydrogen-bond acceptors (Lipinski definition) is 13. The van der Waals surface area contributed by atoms with Crippen molar-refractivity contribution in [3.63, 3.8) is 0 Å². The van der Waals surface area contributed by atoms with Crippen molar-refractivity contribution in [3.8, 4) is 0 Å². The third kappa shape index (κ3) is 7.70. The molecule has 0 unspecified atom stereocenters. The fourth-order valence-corrected chi connectivity index (χ4v) is 5.10. The molecule has 14 heteroatoms. The number of benzene rings is 1. The topological polar surface area (TPSA) is 178 Å². The van der Waals surface area contributed by atoms with Gasteiger partial charge in [0.2, 0.25) is 17.3 Å². The fraction of sp³-hybridized carbons (Fsp3) is 0.382. The number of aliphatic hydroxyl groups is 1. The second kappa shape index (κ2) is 15.4. The van der Waals surface area contributed by atoms with E-state index in [9.17, 15) is 33.9 Å². The van der Waals surface area contributed by atoms with E-state index in [-0.39, 0.29) is 72.7 Å². The molecule has 48 heavy (non-hydrogen) atoms. The number of hydrogen-bond donors (Lipinski definition) is 1. The lowest BCUT2D eigenvalue weighted by molar-refractivity contribution is -0.150. The standard InChI is InChI=1S/C34H37N3O11/c1-6-36(13-14-47-27(40)11-12-28(41)48-16-15-46-26-18-23(38)25(45-5)17-24(26)39)22-9-7-21(8-10-22)30-32(42)31(33(30)43)29-20(4)35-37(19(2)3)34(29)44/h7-10,17-19,42H,6,11-16H2,1-5H3. The third-order valence-corrected chi connectivity index (χ3v) is 7.60. The highest BCUT2D eigenvalue weighted by Crippen LogP contribution is 2.40. The van der Waals surface area contributed by atoms with E-state index in [1.807, 2.05) is 25.7 Å². The van der Waals surface area contributed by atoms with Crippen LogP contribution in [0.25, 0.3) is 5.57 Å². The number of aliphatic hydroxyl groups excluding tert-OH is 1. The number of anilines is 1. The molecule has 1 aromatic carbocycles. The molecule has 0 saturated heterocycles. The van der Waals surface area contributed by atoms with E-state index in [2.05, 4.69) is 5.10 Å². The fourth-order valence-electron chi connectivity index (χ4n) is 5.10. The van der Waals surface area contributed by atoms with E-state index < -0.39 is 35.2 Å². The van der Waals surface area contributed by atoms with Crippen molar-refractivity contribution >= 4 is 52.2 Å². The lowest BCUT2D eigenvalue weighted by Gasteiger charge is -2.25. The van der Waals surface area contributed by atoms with Gasteiger partial charge in [-0.3, -0.25) is 28.8 Å². The number of nitrogens with zero attached hydrogens (tertiary/aromatic N) is 3. The highest BCUT2D eigenvalue weighted by molar-refractivity contribution is 6.43. The predicted octanol–water partition coefficient (Wildman–Crippen LogP) is 2.74. The first-order valence-corrected chi connectivity index (χ1v) is 15.3. The SMILES string of the molecule is CCN(CCOC(=O)CCC(=O)OCCOC1=CC(=O)C(OC)=CC1=O)c1ccc(C2=C(O)C(=C3C(=O)N(C(C)C)N=C3C)C2=O)cc1. The van der Waals surface area contributed by atoms with Gasteiger partial charge in [0, 0.05) is 24.4 Å². The van der Waals surface area contributed by atoms with E-state index in [0.29, 0.717) is 24.4 Å². The zero-order chi connectivity index (χ0) is 35.1. The molecule has 0 radical (unpaired) electrons. The molecule has 0 bridgehead atoms. The number of allylic oxidation sites excluding steroid dienone is 4. The van der Waals surface area contributed by atoms with Crippen molar-refractivity contribution in [2.45, 2.75) is 46.6 Å². The average Bonchev–Trinajstić information content (AvgIpc) is 3.35. The zero-order valence-electron chi connectivity index (χ0n) is 27.4. The summed E-state index contributed by atoms with van der Waals surface area (Å²) in [7, 11) is 1.27. The van der Waals surface area contributed by atoms with E-state index in [1.165, 1.54) is 12.1 Å². The number of ketones is 3. The minimum absolute atomic E-state index is 0.0220. The number of esters is 2. The van der Waals surface area contributed by atoms with Crippen LogP contribution in [0.15, 0.2) is 69.9 Å². The summed E-state index contributed by atoms with van der Waals surface area (Å²) in [5, 5.41) is 16.3. The molecule has 0 spiro atoms. The van der Waals surface area contributed by atoms with Crippen LogP contribution in [0.4, 0.5) is 5.69 Å². The molecule has 0 atom stereocenters. The Morgan fingerprint density at radius 3 is 2.04 bits per heavy atom. The van der Waals surface area contributed by atoms with Crippen LogP contribution in [0.1, 0.15) is 46.1 Å². The van der Waals surface area contributed by atoms with Crippen molar-refractivity contribution < 1.29 is 52.8 Å². The molecule has 14 nitrogen and oxygen atoms in total. The van der Waals surface area contributed by atoms with Crippen molar-refractivity contribution in [3.05, 3.63) is 70.4 Å². The smallest absolute Gasteiger partial charge is 0.306 e. The monoisotopic (exact) mass is 663 g/mol. The molecule has 4 rings (SSSR count). The van der Waals surface area contributed by atoms with Crippen LogP contribution in [-0.2, 0) is 47.7 Å². The van der Waals surface area contributed by atoms with E-state index in [0.717, 1.165) is 17.8 Å². The molecule has 1 N–H and O–H groups in total. The van der Waals surface area contributed by atoms with Crippen LogP contribution < -0.4 is 4.90 Å². The molecular weight excluding hydrogens is 626 g/mol. The van der Waals surface area contributed by atoms with Crippen LogP contribution >= 0.6 is 0 Å². The maximum atomic E-state index is 13.0. The molecule has 1 aromatic rings. The lowest BCUT2D eigenvalue weighted by Crippen LogP contribution is -2.32. The molecular formula is C34H37N3O11. The summed E-state index contributed by atoms with van der Waals surface area (Å²) >= 11 is 0. The number of ether oxygens (including phenoxy) is 4. The number of Topliss-reactive ketones (excluding diaryl/α,β-unsaturated/α-hetero) is 1. The summed E-state index contributed by atoms with van der Waals surface area (Å²) in [6.45, 7) is 7.82. The Balaban J connectivity index is 1.20. The molecule has 254 valence electrons. The Morgan fingerprint density at radius 1 is 0.875 bits per heavy atom. The first kappa shape index (κ1) is 35.3. The normalized spacial score (nSPS) is 17.6. The van der Waals surface area contributed by atoms with Crippen LogP contribution in [0, 0.1) is 0 Å². The zero-order valence-corrected chi connectivity index (χ0v) is 27.4. The van der Waals surface area contributed by atoms with Gasteiger partial charge in [-0.2, -0.15) is 5.10 Å². The minimum Gasteiger partial charge on any atom is -0.506 e. The number of rotatable bonds is 15. The Bertz CT molecular complexity index is 1680. The van der Waals surface area contributed by atoms with Gasteiger partial charge in [0.05, 0.1) is 55.0 Å². The summed E-state index contributed by atoms with van der Waals surface area (Å²) in [6.07, 6.45) is 1.61. The first-order chi connectivity index (χ1) is 22.9. The molecule has 0 saturated carbocycles. The van der Waals surface area contributed by atoms with Gasteiger partial charge in [-0.15, -0.1) is 0 Å². The van der Waals surface area contributed by atoms with Gasteiger partial charge in [-0.25, -0.2) is 5.01 Å². The van der Waals surface area contributed by atoms with E-state index >= 15 is 0 Å².